The molecule has 1 aliphatic rings. The molecule has 1 saturated heterocycles. The van der Waals surface area contributed by atoms with Gasteiger partial charge >= 0.3 is 6.03 Å². The number of hydrogen-bond acceptors (Lipinski definition) is 3. The minimum absolute atomic E-state index is 0.0735. The van der Waals surface area contributed by atoms with Crippen LogP contribution in [0.1, 0.15) is 50.9 Å². The number of carbonyl (C=O) groups is 2. The lowest BCUT2D eigenvalue weighted by Gasteiger charge is -2.32. The normalized spacial score (nSPS) is 19.0. The first-order valence-corrected chi connectivity index (χ1v) is 9.54. The van der Waals surface area contributed by atoms with Crippen molar-refractivity contribution >= 4 is 17.6 Å². The van der Waals surface area contributed by atoms with Crippen LogP contribution in [0.25, 0.3) is 0 Å². The summed E-state index contributed by atoms with van der Waals surface area (Å²) in [6.45, 7) is 11.2. The highest BCUT2D eigenvalue weighted by molar-refractivity contribution is 5.95. The maximum atomic E-state index is 12.4. The molecular weight excluding hydrogens is 328 g/mol. The zero-order chi connectivity index (χ0) is 19.1. The third kappa shape index (κ3) is 6.67. The lowest BCUT2D eigenvalue weighted by atomic mass is 10.00. The molecule has 0 saturated carbocycles. The fourth-order valence-corrected chi connectivity index (χ4v) is 3.33. The summed E-state index contributed by atoms with van der Waals surface area (Å²) in [5.41, 5.74) is 1.26. The third-order valence-electron chi connectivity index (χ3n) is 4.48. The number of amides is 3. The monoisotopic (exact) mass is 360 g/mol. The first-order chi connectivity index (χ1) is 12.3. The van der Waals surface area contributed by atoms with Crippen molar-refractivity contribution in [2.24, 2.45) is 5.92 Å². The molecule has 1 aliphatic heterocycles. The topological polar surface area (TPSA) is 73.5 Å². The van der Waals surface area contributed by atoms with Crippen molar-refractivity contribution in [3.8, 4) is 0 Å². The molecule has 1 heterocycles. The number of benzene rings is 1. The Morgan fingerprint density at radius 2 is 1.85 bits per heavy atom. The van der Waals surface area contributed by atoms with Crippen LogP contribution < -0.4 is 16.0 Å². The van der Waals surface area contributed by atoms with Gasteiger partial charge in [-0.05, 0) is 70.3 Å². The van der Waals surface area contributed by atoms with Crippen LogP contribution in [-0.4, -0.2) is 48.6 Å². The van der Waals surface area contributed by atoms with Crippen LogP contribution in [0.5, 0.6) is 0 Å². The van der Waals surface area contributed by atoms with E-state index in [9.17, 15) is 9.59 Å². The van der Waals surface area contributed by atoms with Crippen LogP contribution in [-0.2, 0) is 0 Å². The number of anilines is 1. The summed E-state index contributed by atoms with van der Waals surface area (Å²) in [6.07, 6.45) is 2.54. The van der Waals surface area contributed by atoms with E-state index >= 15 is 0 Å². The molecular formula is C20H32N4O2. The standard InChI is InChI=1S/C20H32N4O2/c1-14(2)21-20(26)23-18-9-7-17(8-10-18)19(25)22-16(4)13-24-11-5-6-15(3)12-24/h7-10,14-16H,5-6,11-13H2,1-4H3,(H,22,25)(H2,21,23,26). The zero-order valence-electron chi connectivity index (χ0n) is 16.3. The number of nitrogens with one attached hydrogen (secondary N) is 3. The molecule has 1 aromatic rings. The van der Waals surface area contributed by atoms with E-state index in [4.69, 9.17) is 0 Å². The Labute approximate surface area is 156 Å². The second kappa shape index (κ2) is 9.57. The Morgan fingerprint density at radius 1 is 1.15 bits per heavy atom. The first-order valence-electron chi connectivity index (χ1n) is 9.54. The molecule has 2 rings (SSSR count). The number of piperidine rings is 1. The molecule has 0 aromatic heterocycles. The third-order valence-corrected chi connectivity index (χ3v) is 4.48. The highest BCUT2D eigenvalue weighted by atomic mass is 16.2. The van der Waals surface area contributed by atoms with E-state index in [0.717, 1.165) is 25.6 Å². The Kier molecular flexibility index (Phi) is 7.45. The van der Waals surface area contributed by atoms with Crippen molar-refractivity contribution in [1.82, 2.24) is 15.5 Å². The minimum Gasteiger partial charge on any atom is -0.348 e. The van der Waals surface area contributed by atoms with Crippen LogP contribution >= 0.6 is 0 Å². The second-order valence-electron chi connectivity index (χ2n) is 7.71. The molecule has 0 bridgehead atoms. The van der Waals surface area contributed by atoms with E-state index in [0.29, 0.717) is 11.3 Å². The Morgan fingerprint density at radius 3 is 2.46 bits per heavy atom. The fraction of sp³-hybridized carbons (Fsp3) is 0.600. The molecule has 3 amide bonds. The molecule has 1 fully saturated rings. The molecule has 2 unspecified atom stereocenters. The largest absolute Gasteiger partial charge is 0.348 e. The molecule has 0 aliphatic carbocycles. The van der Waals surface area contributed by atoms with Crippen molar-refractivity contribution in [1.29, 1.82) is 0 Å². The molecule has 0 spiro atoms. The van der Waals surface area contributed by atoms with Crippen LogP contribution in [0.2, 0.25) is 0 Å². The van der Waals surface area contributed by atoms with Crippen LogP contribution in [0.15, 0.2) is 24.3 Å². The van der Waals surface area contributed by atoms with Gasteiger partial charge in [0.05, 0.1) is 0 Å². The van der Waals surface area contributed by atoms with Gasteiger partial charge in [0, 0.05) is 36.4 Å². The molecule has 26 heavy (non-hydrogen) atoms. The summed E-state index contributed by atoms with van der Waals surface area (Å²) in [4.78, 5) is 26.5. The number of nitrogens with zero attached hydrogens (tertiary/aromatic N) is 1. The fourth-order valence-electron chi connectivity index (χ4n) is 3.33. The SMILES string of the molecule is CC1CCCN(CC(C)NC(=O)c2ccc(NC(=O)NC(C)C)cc2)C1. The van der Waals surface area contributed by atoms with E-state index in [-0.39, 0.29) is 24.0 Å². The number of likely N-dealkylation sites (tertiary alicyclic amines) is 1. The van der Waals surface area contributed by atoms with Gasteiger partial charge < -0.3 is 20.9 Å². The molecule has 2 atom stereocenters. The molecule has 6 heteroatoms. The van der Waals surface area contributed by atoms with Gasteiger partial charge in [0.25, 0.3) is 5.91 Å². The first kappa shape index (κ1) is 20.2. The van der Waals surface area contributed by atoms with E-state index in [1.54, 1.807) is 24.3 Å². The summed E-state index contributed by atoms with van der Waals surface area (Å²) in [5, 5.41) is 8.58. The highest BCUT2D eigenvalue weighted by Gasteiger charge is 2.19. The van der Waals surface area contributed by atoms with Crippen molar-refractivity contribution < 1.29 is 9.59 Å². The smallest absolute Gasteiger partial charge is 0.319 e. The zero-order valence-corrected chi connectivity index (χ0v) is 16.3. The van der Waals surface area contributed by atoms with Gasteiger partial charge in [-0.3, -0.25) is 4.79 Å². The molecule has 1 aromatic carbocycles. The summed E-state index contributed by atoms with van der Waals surface area (Å²) < 4.78 is 0. The van der Waals surface area contributed by atoms with E-state index < -0.39 is 0 Å². The Hall–Kier alpha value is -2.08. The van der Waals surface area contributed by atoms with Gasteiger partial charge in [-0.2, -0.15) is 0 Å². The van der Waals surface area contributed by atoms with Gasteiger partial charge in [0.2, 0.25) is 0 Å². The van der Waals surface area contributed by atoms with Gasteiger partial charge in [0.1, 0.15) is 0 Å². The number of hydrogen-bond donors (Lipinski definition) is 3. The van der Waals surface area contributed by atoms with Crippen LogP contribution in [0.4, 0.5) is 10.5 Å². The molecule has 144 valence electrons. The average Bonchev–Trinajstić information content (AvgIpc) is 2.54. The Bertz CT molecular complexity index is 600. The van der Waals surface area contributed by atoms with Gasteiger partial charge in [-0.25, -0.2) is 4.79 Å². The maximum Gasteiger partial charge on any atom is 0.319 e. The van der Waals surface area contributed by atoms with E-state index in [1.807, 2.05) is 20.8 Å². The maximum absolute atomic E-state index is 12.4. The second-order valence-corrected chi connectivity index (χ2v) is 7.71. The lowest BCUT2D eigenvalue weighted by Crippen LogP contribution is -2.45. The number of rotatable bonds is 6. The number of carbonyl (C=O) groups excluding carboxylic acids is 2. The van der Waals surface area contributed by atoms with E-state index in [2.05, 4.69) is 27.8 Å². The summed E-state index contributed by atoms with van der Waals surface area (Å²) >= 11 is 0. The summed E-state index contributed by atoms with van der Waals surface area (Å²) in [7, 11) is 0. The van der Waals surface area contributed by atoms with E-state index in [1.165, 1.54) is 12.8 Å². The predicted octanol–water partition coefficient (Wildman–Crippen LogP) is 3.07. The van der Waals surface area contributed by atoms with Crippen LogP contribution in [0, 0.1) is 5.92 Å². The average molecular weight is 361 g/mol. The highest BCUT2D eigenvalue weighted by Crippen LogP contribution is 2.15. The van der Waals surface area contributed by atoms with Crippen molar-refractivity contribution in [3.63, 3.8) is 0 Å². The van der Waals surface area contributed by atoms with Gasteiger partial charge in [-0.15, -0.1) is 0 Å². The Balaban J connectivity index is 1.82. The molecule has 0 radical (unpaired) electrons. The van der Waals surface area contributed by atoms with Gasteiger partial charge in [0.15, 0.2) is 0 Å². The van der Waals surface area contributed by atoms with Crippen molar-refractivity contribution in [2.75, 3.05) is 25.0 Å². The summed E-state index contributed by atoms with van der Waals surface area (Å²) in [6, 6.07) is 6.87. The lowest BCUT2D eigenvalue weighted by molar-refractivity contribution is 0.0920. The molecule has 3 N–H and O–H groups in total. The van der Waals surface area contributed by atoms with Crippen LogP contribution in [0.3, 0.4) is 0 Å². The van der Waals surface area contributed by atoms with Crippen molar-refractivity contribution in [2.45, 2.75) is 52.6 Å². The minimum atomic E-state index is -0.249. The molecule has 6 nitrogen and oxygen atoms in total. The quantitative estimate of drug-likeness (QED) is 0.730. The van der Waals surface area contributed by atoms with Crippen molar-refractivity contribution in [3.05, 3.63) is 29.8 Å². The summed E-state index contributed by atoms with van der Waals surface area (Å²) in [5.74, 6) is 0.653. The van der Waals surface area contributed by atoms with Gasteiger partial charge in [-0.1, -0.05) is 6.92 Å². The number of urea groups is 1. The predicted molar refractivity (Wildman–Crippen MR) is 105 cm³/mol.